The van der Waals surface area contributed by atoms with Crippen molar-refractivity contribution in [2.75, 3.05) is 0 Å². The average molecular weight is 478 g/mol. The van der Waals surface area contributed by atoms with Crippen molar-refractivity contribution in [3.63, 3.8) is 0 Å². The summed E-state index contributed by atoms with van der Waals surface area (Å²) in [4.78, 5) is 25.8. The van der Waals surface area contributed by atoms with E-state index in [4.69, 9.17) is 16.3 Å². The number of benzene rings is 2. The molecule has 2 aromatic carbocycles. The van der Waals surface area contributed by atoms with Crippen molar-refractivity contribution < 1.29 is 19.4 Å². The normalized spacial score (nSPS) is 28.6. The molecule has 0 saturated heterocycles. The van der Waals surface area contributed by atoms with Crippen LogP contribution < -0.4 is 10.1 Å². The van der Waals surface area contributed by atoms with Crippen LogP contribution in [0.15, 0.2) is 60.9 Å². The minimum atomic E-state index is -0.771. The zero-order valence-electron chi connectivity index (χ0n) is 18.4. The number of hydrogen-bond donors (Lipinski definition) is 2. The van der Waals surface area contributed by atoms with E-state index >= 15 is 0 Å². The van der Waals surface area contributed by atoms with Gasteiger partial charge in [0.15, 0.2) is 11.9 Å². The predicted molar refractivity (Wildman–Crippen MR) is 125 cm³/mol. The number of aromatic nitrogens is 2. The molecule has 2 atom stereocenters. The Hall–Kier alpha value is -3.16. The van der Waals surface area contributed by atoms with E-state index in [1.54, 1.807) is 35.3 Å². The quantitative estimate of drug-likeness (QED) is 0.559. The van der Waals surface area contributed by atoms with E-state index in [0.29, 0.717) is 28.3 Å². The third-order valence-corrected chi connectivity index (χ3v) is 7.57. The molecule has 2 N–H and O–H groups in total. The fourth-order valence-corrected chi connectivity index (χ4v) is 6.07. The van der Waals surface area contributed by atoms with Crippen LogP contribution in [0.25, 0.3) is 5.69 Å². The third kappa shape index (κ3) is 3.60. The number of ketones is 1. The molecule has 2 heterocycles. The van der Waals surface area contributed by atoms with Crippen LogP contribution in [0.1, 0.15) is 54.1 Å². The predicted octanol–water partition coefficient (Wildman–Crippen LogP) is 4.02. The molecular weight excluding hydrogens is 454 g/mol. The SMILES string of the molecule is O=C(NC12CC(CC(=O)[C@H]3C[C@@H](O)c4cc(Cl)ccc4O3)(C1)C2)c1cnn(-c2ccccc2)c1. The largest absolute Gasteiger partial charge is 0.482 e. The highest BCUT2D eigenvalue weighted by Crippen LogP contribution is 2.69. The van der Waals surface area contributed by atoms with Gasteiger partial charge in [0.05, 0.1) is 23.6 Å². The molecule has 1 aromatic heterocycles. The van der Waals surface area contributed by atoms with E-state index in [2.05, 4.69) is 10.4 Å². The number of halogens is 1. The number of para-hydroxylation sites is 1. The number of fused-ring (bicyclic) bond motifs is 1. The van der Waals surface area contributed by atoms with E-state index in [1.807, 2.05) is 30.3 Å². The summed E-state index contributed by atoms with van der Waals surface area (Å²) in [5.74, 6) is 0.373. The maximum absolute atomic E-state index is 13.0. The van der Waals surface area contributed by atoms with E-state index < -0.39 is 12.2 Å². The first-order valence-corrected chi connectivity index (χ1v) is 11.8. The Morgan fingerprint density at radius 2 is 1.94 bits per heavy atom. The standard InChI is InChI=1S/C26H24ClN3O4/c27-17-6-7-22-19(8-17)20(31)9-23(34-22)21(32)10-25-13-26(14-25,15-25)29-24(33)16-11-28-30(12-16)18-4-2-1-3-5-18/h1-8,11-12,20,23,31H,9-10,13-15H2,(H,29,33)/t20-,23-,25?,26?/m1/s1. The summed E-state index contributed by atoms with van der Waals surface area (Å²) >= 11 is 6.01. The zero-order chi connectivity index (χ0) is 23.5. The van der Waals surface area contributed by atoms with Crippen LogP contribution >= 0.6 is 11.6 Å². The second kappa shape index (κ2) is 7.68. The minimum Gasteiger partial charge on any atom is -0.482 e. The van der Waals surface area contributed by atoms with E-state index in [0.717, 1.165) is 24.9 Å². The Bertz CT molecular complexity index is 1270. The molecule has 3 aliphatic carbocycles. The average Bonchev–Trinajstić information content (AvgIpc) is 3.28. The number of ether oxygens (including phenoxy) is 1. The summed E-state index contributed by atoms with van der Waals surface area (Å²) in [6.07, 6.45) is 4.85. The summed E-state index contributed by atoms with van der Waals surface area (Å²) in [5.41, 5.74) is 1.72. The first-order valence-electron chi connectivity index (χ1n) is 11.4. The molecular formula is C26H24ClN3O4. The number of Topliss-reactive ketones (excluding diaryl/α,β-unsaturated/α-hetero) is 1. The second-order valence-electron chi connectivity index (χ2n) is 9.96. The van der Waals surface area contributed by atoms with Gasteiger partial charge in [0.1, 0.15) is 5.75 Å². The lowest BCUT2D eigenvalue weighted by Gasteiger charge is -2.70. The summed E-state index contributed by atoms with van der Waals surface area (Å²) in [7, 11) is 0. The molecule has 3 aromatic rings. The van der Waals surface area contributed by atoms with Crippen molar-refractivity contribution in [3.05, 3.63) is 77.1 Å². The Labute approximate surface area is 201 Å². The van der Waals surface area contributed by atoms with Gasteiger partial charge in [-0.25, -0.2) is 4.68 Å². The van der Waals surface area contributed by atoms with Gasteiger partial charge in [0.25, 0.3) is 5.91 Å². The molecule has 3 saturated carbocycles. The molecule has 1 aliphatic heterocycles. The van der Waals surface area contributed by atoms with Crippen LogP contribution in [0.5, 0.6) is 5.75 Å². The topological polar surface area (TPSA) is 93.5 Å². The number of amides is 1. The molecule has 34 heavy (non-hydrogen) atoms. The highest BCUT2D eigenvalue weighted by atomic mass is 35.5. The van der Waals surface area contributed by atoms with Crippen LogP contribution in [-0.2, 0) is 4.79 Å². The van der Waals surface area contributed by atoms with Gasteiger partial charge in [-0.1, -0.05) is 29.8 Å². The molecule has 0 radical (unpaired) electrons. The fraction of sp³-hybridized carbons (Fsp3) is 0.346. The molecule has 7 nitrogen and oxygen atoms in total. The van der Waals surface area contributed by atoms with Gasteiger partial charge in [-0.15, -0.1) is 0 Å². The lowest BCUT2D eigenvalue weighted by molar-refractivity contribution is -0.166. The summed E-state index contributed by atoms with van der Waals surface area (Å²) in [6, 6.07) is 14.7. The van der Waals surface area contributed by atoms with E-state index in [1.165, 1.54) is 0 Å². The number of aliphatic hydroxyl groups excluding tert-OH is 1. The summed E-state index contributed by atoms with van der Waals surface area (Å²) in [5, 5.41) is 18.4. The summed E-state index contributed by atoms with van der Waals surface area (Å²) in [6.45, 7) is 0. The number of hydrogen-bond acceptors (Lipinski definition) is 5. The van der Waals surface area contributed by atoms with Crippen LogP contribution in [0.2, 0.25) is 5.02 Å². The number of aliphatic hydroxyl groups is 1. The molecule has 7 rings (SSSR count). The second-order valence-corrected chi connectivity index (χ2v) is 10.4. The van der Waals surface area contributed by atoms with Crippen LogP contribution in [0.4, 0.5) is 0 Å². The lowest BCUT2D eigenvalue weighted by Crippen LogP contribution is -2.75. The van der Waals surface area contributed by atoms with Crippen molar-refractivity contribution in [2.45, 2.75) is 49.9 Å². The van der Waals surface area contributed by atoms with E-state index in [9.17, 15) is 14.7 Å². The molecule has 0 unspecified atom stereocenters. The number of rotatable bonds is 6. The highest BCUT2D eigenvalue weighted by Gasteiger charge is 2.68. The van der Waals surface area contributed by atoms with Crippen LogP contribution in [-0.4, -0.2) is 38.2 Å². The van der Waals surface area contributed by atoms with Gasteiger partial charge >= 0.3 is 0 Å². The van der Waals surface area contributed by atoms with Crippen molar-refractivity contribution in [2.24, 2.45) is 5.41 Å². The molecule has 0 spiro atoms. The molecule has 174 valence electrons. The lowest BCUT2D eigenvalue weighted by atomic mass is 9.38. The summed E-state index contributed by atoms with van der Waals surface area (Å²) < 4.78 is 7.57. The Morgan fingerprint density at radius 1 is 1.18 bits per heavy atom. The van der Waals surface area contributed by atoms with Gasteiger partial charge in [-0.2, -0.15) is 5.10 Å². The maximum Gasteiger partial charge on any atom is 0.254 e. The van der Waals surface area contributed by atoms with Crippen molar-refractivity contribution in [1.82, 2.24) is 15.1 Å². The van der Waals surface area contributed by atoms with Gasteiger partial charge in [0, 0.05) is 35.2 Å². The van der Waals surface area contributed by atoms with Crippen molar-refractivity contribution in [3.8, 4) is 11.4 Å². The monoisotopic (exact) mass is 477 g/mol. The molecule has 8 heteroatoms. The Morgan fingerprint density at radius 3 is 2.71 bits per heavy atom. The van der Waals surface area contributed by atoms with Crippen LogP contribution in [0, 0.1) is 5.41 Å². The highest BCUT2D eigenvalue weighted by molar-refractivity contribution is 6.30. The molecule has 1 amide bonds. The Balaban J connectivity index is 1.04. The fourth-order valence-electron chi connectivity index (χ4n) is 5.89. The smallest absolute Gasteiger partial charge is 0.254 e. The van der Waals surface area contributed by atoms with Gasteiger partial charge in [0.2, 0.25) is 0 Å². The number of nitrogens with zero attached hydrogens (tertiary/aromatic N) is 2. The van der Waals surface area contributed by atoms with Crippen LogP contribution in [0.3, 0.4) is 0 Å². The molecule has 4 aliphatic rings. The first kappa shape index (κ1) is 21.4. The number of nitrogens with one attached hydrogen (secondary N) is 1. The molecule has 3 fully saturated rings. The van der Waals surface area contributed by atoms with Gasteiger partial charge in [-0.3, -0.25) is 9.59 Å². The Kier molecular flexibility index (Phi) is 4.83. The maximum atomic E-state index is 13.0. The number of carbonyl (C=O) groups is 2. The van der Waals surface area contributed by atoms with E-state index in [-0.39, 0.29) is 29.1 Å². The van der Waals surface area contributed by atoms with Gasteiger partial charge < -0.3 is 15.2 Å². The zero-order valence-corrected chi connectivity index (χ0v) is 19.2. The minimum absolute atomic E-state index is 0.00316. The molecule has 2 bridgehead atoms. The third-order valence-electron chi connectivity index (χ3n) is 7.33. The number of carbonyl (C=O) groups excluding carboxylic acids is 2. The van der Waals surface area contributed by atoms with Crippen molar-refractivity contribution >= 4 is 23.3 Å². The van der Waals surface area contributed by atoms with Gasteiger partial charge in [-0.05, 0) is 55.0 Å². The first-order chi connectivity index (χ1) is 16.3. The van der Waals surface area contributed by atoms with Crippen molar-refractivity contribution in [1.29, 1.82) is 0 Å².